The molecule has 0 saturated carbocycles. The van der Waals surface area contributed by atoms with E-state index in [2.05, 4.69) is 0 Å². The molecule has 0 aromatic heterocycles. The van der Waals surface area contributed by atoms with E-state index in [-0.39, 0.29) is 5.78 Å². The van der Waals surface area contributed by atoms with Crippen LogP contribution in [0.4, 0.5) is 0 Å². The van der Waals surface area contributed by atoms with Crippen molar-refractivity contribution in [2.24, 2.45) is 0 Å². The van der Waals surface area contributed by atoms with Crippen LogP contribution in [0.25, 0.3) is 0 Å². The summed E-state index contributed by atoms with van der Waals surface area (Å²) < 4.78 is 11.3. The first-order valence-corrected chi connectivity index (χ1v) is 5.97. The fraction of sp³-hybridized carbons (Fsp3) is 0. The molecule has 0 atom stereocenters. The number of rotatable bonds is 0. The lowest BCUT2D eigenvalue weighted by molar-refractivity contribution is 0.103. The summed E-state index contributed by atoms with van der Waals surface area (Å²) in [5, 5.41) is 0. The lowest BCUT2D eigenvalue weighted by atomic mass is 9.85. The highest BCUT2D eigenvalue weighted by atomic mass is 32.1. The van der Waals surface area contributed by atoms with Crippen molar-refractivity contribution in [3.63, 3.8) is 0 Å². The maximum absolute atomic E-state index is 12.2. The molecule has 0 saturated heterocycles. The number of carbonyl (C=O) groups is 1. The van der Waals surface area contributed by atoms with Gasteiger partial charge in [0.1, 0.15) is 0 Å². The third kappa shape index (κ3) is 1.40. The number of ketones is 1. The molecule has 2 nitrogen and oxygen atoms in total. The van der Waals surface area contributed by atoms with Gasteiger partial charge in [-0.3, -0.25) is 4.79 Å². The van der Waals surface area contributed by atoms with Gasteiger partial charge in [-0.15, -0.1) is 0 Å². The Morgan fingerprint density at radius 2 is 1.12 bits per heavy atom. The fourth-order valence-corrected chi connectivity index (χ4v) is 2.67. The van der Waals surface area contributed by atoms with Crippen LogP contribution in [0.3, 0.4) is 0 Å². The maximum atomic E-state index is 12.2. The minimum absolute atomic E-state index is 0.00556. The molecule has 0 bridgehead atoms. The minimum Gasteiger partial charge on any atom is -0.289 e. The first-order chi connectivity index (χ1) is 8.33. The van der Waals surface area contributed by atoms with E-state index in [1.807, 2.05) is 36.4 Å². The van der Waals surface area contributed by atoms with Crippen LogP contribution in [0.5, 0.6) is 0 Å². The third-order valence-corrected chi connectivity index (χ3v) is 3.52. The van der Waals surface area contributed by atoms with Gasteiger partial charge in [0.05, 0.1) is 16.1 Å². The Morgan fingerprint density at radius 1 is 0.706 bits per heavy atom. The zero-order valence-electron chi connectivity index (χ0n) is 8.84. The van der Waals surface area contributed by atoms with E-state index in [0.29, 0.717) is 27.2 Å². The third-order valence-electron chi connectivity index (χ3n) is 2.92. The zero-order valence-corrected chi connectivity index (χ0v) is 9.66. The van der Waals surface area contributed by atoms with Gasteiger partial charge in [-0.1, -0.05) is 48.5 Å². The van der Waals surface area contributed by atoms with Gasteiger partial charge in [0, 0.05) is 22.3 Å². The molecule has 2 aromatic rings. The van der Waals surface area contributed by atoms with Crippen molar-refractivity contribution < 1.29 is 9.00 Å². The monoisotopic (exact) mass is 240 g/mol. The second-order valence-electron chi connectivity index (χ2n) is 3.83. The molecular weight excluding hydrogens is 232 g/mol. The SMILES string of the molecule is O=S=C1c2ccccc2C(=O)c2ccccc21. The van der Waals surface area contributed by atoms with Gasteiger partial charge in [0.2, 0.25) is 0 Å². The Kier molecular flexibility index (Phi) is 2.27. The Balaban J connectivity index is 2.42. The number of benzene rings is 2. The van der Waals surface area contributed by atoms with E-state index in [0.717, 1.165) is 11.1 Å². The molecule has 0 aliphatic heterocycles. The van der Waals surface area contributed by atoms with Gasteiger partial charge in [0.15, 0.2) is 5.78 Å². The lowest BCUT2D eigenvalue weighted by Crippen LogP contribution is -2.21. The van der Waals surface area contributed by atoms with Crippen molar-refractivity contribution in [1.29, 1.82) is 0 Å². The Bertz CT molecular complexity index is 631. The normalized spacial score (nSPS) is 12.9. The van der Waals surface area contributed by atoms with Crippen LogP contribution in [0.1, 0.15) is 27.0 Å². The van der Waals surface area contributed by atoms with Gasteiger partial charge < -0.3 is 0 Å². The molecule has 0 radical (unpaired) electrons. The van der Waals surface area contributed by atoms with Gasteiger partial charge in [-0.2, -0.15) is 0 Å². The van der Waals surface area contributed by atoms with Crippen molar-refractivity contribution in [1.82, 2.24) is 0 Å². The van der Waals surface area contributed by atoms with Crippen LogP contribution in [0.2, 0.25) is 0 Å². The standard InChI is InChI=1S/C14H8O2S/c15-13-9-5-1-3-7-11(9)14(17-16)12-8-4-2-6-10(12)13/h1-8H. The van der Waals surface area contributed by atoms with Crippen LogP contribution in [0, 0.1) is 0 Å². The molecule has 0 amide bonds. The molecule has 17 heavy (non-hydrogen) atoms. The van der Waals surface area contributed by atoms with E-state index in [1.165, 1.54) is 0 Å². The summed E-state index contributed by atoms with van der Waals surface area (Å²) in [6, 6.07) is 14.5. The van der Waals surface area contributed by atoms with Crippen molar-refractivity contribution >= 4 is 21.9 Å². The summed E-state index contributed by atoms with van der Waals surface area (Å²) in [5.74, 6) is -0.00556. The predicted molar refractivity (Wildman–Crippen MR) is 67.7 cm³/mol. The molecule has 82 valence electrons. The molecule has 0 N–H and O–H groups in total. The molecule has 3 rings (SSSR count). The molecule has 2 aromatic carbocycles. The number of carbonyl (C=O) groups excluding carboxylic acids is 1. The molecule has 1 aliphatic carbocycles. The quantitative estimate of drug-likeness (QED) is 0.563. The van der Waals surface area contributed by atoms with E-state index < -0.39 is 0 Å². The van der Waals surface area contributed by atoms with E-state index in [9.17, 15) is 9.00 Å². The van der Waals surface area contributed by atoms with Crippen LogP contribution in [-0.2, 0) is 11.3 Å². The maximum Gasteiger partial charge on any atom is 0.194 e. The minimum atomic E-state index is -0.00556. The smallest absolute Gasteiger partial charge is 0.194 e. The van der Waals surface area contributed by atoms with Gasteiger partial charge in [-0.05, 0) is 0 Å². The Hall–Kier alpha value is -2.00. The predicted octanol–water partition coefficient (Wildman–Crippen LogP) is 2.01. The Labute approximate surface area is 102 Å². The van der Waals surface area contributed by atoms with Crippen molar-refractivity contribution in [3.05, 3.63) is 70.8 Å². The van der Waals surface area contributed by atoms with Crippen molar-refractivity contribution in [3.8, 4) is 0 Å². The molecule has 0 spiro atoms. The van der Waals surface area contributed by atoms with Gasteiger partial charge >= 0.3 is 0 Å². The largest absolute Gasteiger partial charge is 0.289 e. The highest BCUT2D eigenvalue weighted by Crippen LogP contribution is 2.26. The lowest BCUT2D eigenvalue weighted by Gasteiger charge is -2.18. The van der Waals surface area contributed by atoms with Crippen LogP contribution in [0.15, 0.2) is 48.5 Å². The average Bonchev–Trinajstić information content (AvgIpc) is 2.40. The summed E-state index contributed by atoms with van der Waals surface area (Å²) in [6.45, 7) is 0. The van der Waals surface area contributed by atoms with Gasteiger partial charge in [0.25, 0.3) is 0 Å². The molecular formula is C14H8O2S. The Morgan fingerprint density at radius 3 is 1.53 bits per heavy atom. The summed E-state index contributed by atoms with van der Waals surface area (Å²) >= 11 is 0.448. The average molecular weight is 240 g/mol. The first kappa shape index (κ1) is 10.2. The van der Waals surface area contributed by atoms with Crippen LogP contribution < -0.4 is 0 Å². The molecule has 0 unspecified atom stereocenters. The summed E-state index contributed by atoms with van der Waals surface area (Å²) in [4.78, 5) is 12.9. The van der Waals surface area contributed by atoms with Crippen LogP contribution in [-0.4, -0.2) is 14.9 Å². The zero-order chi connectivity index (χ0) is 11.8. The summed E-state index contributed by atoms with van der Waals surface area (Å²) in [7, 11) is 0. The van der Waals surface area contributed by atoms with Gasteiger partial charge in [-0.25, -0.2) is 4.21 Å². The highest BCUT2D eigenvalue weighted by Gasteiger charge is 2.26. The second kappa shape index (κ2) is 3.79. The van der Waals surface area contributed by atoms with E-state index in [4.69, 9.17) is 0 Å². The summed E-state index contributed by atoms with van der Waals surface area (Å²) in [5.41, 5.74) is 2.72. The first-order valence-electron chi connectivity index (χ1n) is 5.23. The molecule has 1 aliphatic rings. The van der Waals surface area contributed by atoms with E-state index in [1.54, 1.807) is 12.1 Å². The van der Waals surface area contributed by atoms with E-state index >= 15 is 0 Å². The molecule has 0 fully saturated rings. The van der Waals surface area contributed by atoms with Crippen molar-refractivity contribution in [2.75, 3.05) is 0 Å². The molecule has 3 heteroatoms. The second-order valence-corrected chi connectivity index (χ2v) is 4.41. The topological polar surface area (TPSA) is 34.1 Å². The summed E-state index contributed by atoms with van der Waals surface area (Å²) in [6.07, 6.45) is 0. The van der Waals surface area contributed by atoms with Crippen molar-refractivity contribution in [2.45, 2.75) is 0 Å². The number of hydrogen-bond donors (Lipinski definition) is 0. The number of hydrogen-bond acceptors (Lipinski definition) is 2. The van der Waals surface area contributed by atoms with Crippen LogP contribution >= 0.6 is 0 Å². The highest BCUT2D eigenvalue weighted by molar-refractivity contribution is 7.67. The fourth-order valence-electron chi connectivity index (χ4n) is 2.14. The molecule has 0 heterocycles. The number of fused-ring (bicyclic) bond motifs is 2.